The lowest BCUT2D eigenvalue weighted by Crippen LogP contribution is -2.63. The zero-order chi connectivity index (χ0) is 25.9. The van der Waals surface area contributed by atoms with Gasteiger partial charge in [0.05, 0.1) is 17.6 Å². The van der Waals surface area contributed by atoms with Crippen molar-refractivity contribution in [3.05, 3.63) is 29.3 Å². The molecule has 2 heterocycles. The molecule has 188 valence electrons. The van der Waals surface area contributed by atoms with E-state index >= 15 is 0 Å². The third-order valence-electron chi connectivity index (χ3n) is 5.98. The van der Waals surface area contributed by atoms with E-state index in [9.17, 15) is 39.2 Å². The summed E-state index contributed by atoms with van der Waals surface area (Å²) >= 11 is 0. The highest BCUT2D eigenvalue weighted by molar-refractivity contribution is 6.47. The fourth-order valence-electron chi connectivity index (χ4n) is 3.94. The summed E-state index contributed by atoms with van der Waals surface area (Å²) < 4.78 is 5.34. The molecule has 14 heteroatoms. The van der Waals surface area contributed by atoms with Crippen molar-refractivity contribution in [1.29, 1.82) is 0 Å². The molecule has 5 amide bonds. The van der Waals surface area contributed by atoms with E-state index in [0.717, 1.165) is 0 Å². The van der Waals surface area contributed by atoms with Crippen molar-refractivity contribution in [3.8, 4) is 5.75 Å². The molecule has 3 atom stereocenters. The van der Waals surface area contributed by atoms with Crippen LogP contribution in [0.2, 0.25) is 0 Å². The number of benzene rings is 1. The molecule has 2 aliphatic rings. The van der Waals surface area contributed by atoms with Crippen LogP contribution >= 0.6 is 0 Å². The van der Waals surface area contributed by atoms with E-state index in [0.29, 0.717) is 17.0 Å². The van der Waals surface area contributed by atoms with E-state index < -0.39 is 54.9 Å². The predicted molar refractivity (Wildman–Crippen MR) is 120 cm³/mol. The van der Waals surface area contributed by atoms with Gasteiger partial charge in [0.25, 0.3) is 0 Å². The topological polar surface area (TPSA) is 186 Å². The van der Waals surface area contributed by atoms with Gasteiger partial charge in [-0.05, 0) is 31.4 Å². The van der Waals surface area contributed by atoms with Gasteiger partial charge in [-0.15, -0.1) is 0 Å². The summed E-state index contributed by atoms with van der Waals surface area (Å²) in [5, 5.41) is 34.9. The summed E-state index contributed by atoms with van der Waals surface area (Å²) in [4.78, 5) is 63.4. The second kappa shape index (κ2) is 10.7. The van der Waals surface area contributed by atoms with Crippen molar-refractivity contribution >= 4 is 36.8 Å². The SMILES string of the molecule is CCC(O)[C@H](NC(=O)N1CCN(CC)C(=O)C1=O)C(=O)N[C@H]1Cc2cccc(C(=O)O)c2OB1O. The number of nitrogens with zero attached hydrogens (tertiary/aromatic N) is 2. The van der Waals surface area contributed by atoms with E-state index in [1.807, 2.05) is 0 Å². The predicted octanol–water partition coefficient (Wildman–Crippen LogP) is -1.64. The molecular weight excluding hydrogens is 463 g/mol. The van der Waals surface area contributed by atoms with Crippen molar-refractivity contribution in [2.75, 3.05) is 19.6 Å². The summed E-state index contributed by atoms with van der Waals surface area (Å²) in [5.41, 5.74) is 0.301. The zero-order valence-electron chi connectivity index (χ0n) is 19.3. The number of carbonyl (C=O) groups excluding carboxylic acids is 4. The minimum atomic E-state index is -1.59. The summed E-state index contributed by atoms with van der Waals surface area (Å²) in [6.45, 7) is 3.66. The third kappa shape index (κ3) is 5.38. The number of carbonyl (C=O) groups is 5. The van der Waals surface area contributed by atoms with Gasteiger partial charge in [0.1, 0.15) is 11.8 Å². The lowest BCUT2D eigenvalue weighted by molar-refractivity contribution is -0.153. The van der Waals surface area contributed by atoms with Crippen LogP contribution < -0.4 is 15.3 Å². The Hall–Kier alpha value is -3.65. The van der Waals surface area contributed by atoms with Gasteiger partial charge in [0, 0.05) is 19.6 Å². The van der Waals surface area contributed by atoms with Crippen molar-refractivity contribution in [3.63, 3.8) is 0 Å². The number of hydrogen-bond acceptors (Lipinski definition) is 8. The second-order valence-corrected chi connectivity index (χ2v) is 8.17. The molecule has 2 aliphatic heterocycles. The molecule has 0 aromatic heterocycles. The number of fused-ring (bicyclic) bond motifs is 1. The number of piperazine rings is 1. The van der Waals surface area contributed by atoms with Crippen molar-refractivity contribution in [2.24, 2.45) is 0 Å². The quantitative estimate of drug-likeness (QED) is 0.221. The first-order chi connectivity index (χ1) is 16.6. The summed E-state index contributed by atoms with van der Waals surface area (Å²) in [5.74, 6) is -5.00. The summed E-state index contributed by atoms with van der Waals surface area (Å²) in [6, 6.07) is 1.90. The van der Waals surface area contributed by atoms with Crippen LogP contribution in [0, 0.1) is 0 Å². The smallest absolute Gasteiger partial charge is 0.534 e. The van der Waals surface area contributed by atoms with Gasteiger partial charge in [-0.1, -0.05) is 19.1 Å². The van der Waals surface area contributed by atoms with E-state index in [1.165, 1.54) is 17.0 Å². The van der Waals surface area contributed by atoms with Crippen LogP contribution in [-0.4, -0.2) is 99.6 Å². The van der Waals surface area contributed by atoms with Crippen molar-refractivity contribution in [1.82, 2.24) is 20.4 Å². The van der Waals surface area contributed by atoms with Crippen molar-refractivity contribution in [2.45, 2.75) is 44.8 Å². The largest absolute Gasteiger partial charge is 0.547 e. The average molecular weight is 490 g/mol. The summed E-state index contributed by atoms with van der Waals surface area (Å²) in [7, 11) is -1.59. The van der Waals surface area contributed by atoms with Crippen LogP contribution in [0.3, 0.4) is 0 Å². The number of carboxylic acids is 1. The van der Waals surface area contributed by atoms with Gasteiger partial charge in [0.15, 0.2) is 0 Å². The molecule has 1 unspecified atom stereocenters. The molecule has 35 heavy (non-hydrogen) atoms. The fourth-order valence-corrected chi connectivity index (χ4v) is 3.94. The lowest BCUT2D eigenvalue weighted by Gasteiger charge is -2.34. The van der Waals surface area contributed by atoms with Crippen LogP contribution in [-0.2, 0) is 20.8 Å². The fraction of sp³-hybridized carbons (Fsp3) is 0.476. The Morgan fingerprint density at radius 2 is 1.91 bits per heavy atom. The number of nitrogens with one attached hydrogen (secondary N) is 2. The first-order valence-electron chi connectivity index (χ1n) is 11.2. The number of aliphatic hydroxyl groups excluding tert-OH is 1. The molecule has 1 saturated heterocycles. The lowest BCUT2D eigenvalue weighted by atomic mass is 9.72. The van der Waals surface area contributed by atoms with Crippen LogP contribution in [0.1, 0.15) is 36.2 Å². The van der Waals surface area contributed by atoms with Crippen molar-refractivity contribution < 1.29 is 43.9 Å². The molecule has 1 aromatic rings. The highest BCUT2D eigenvalue weighted by Crippen LogP contribution is 2.30. The number of para-hydroxylation sites is 1. The Bertz CT molecular complexity index is 1040. The minimum absolute atomic E-state index is 0.00848. The molecule has 0 aliphatic carbocycles. The number of imide groups is 1. The Morgan fingerprint density at radius 1 is 1.20 bits per heavy atom. The number of aromatic carboxylic acids is 1. The molecule has 1 fully saturated rings. The maximum absolute atomic E-state index is 13.0. The Morgan fingerprint density at radius 3 is 2.54 bits per heavy atom. The van der Waals surface area contributed by atoms with Gasteiger partial charge >= 0.3 is 30.9 Å². The van der Waals surface area contributed by atoms with E-state index in [1.54, 1.807) is 19.9 Å². The third-order valence-corrected chi connectivity index (χ3v) is 5.98. The second-order valence-electron chi connectivity index (χ2n) is 8.17. The zero-order valence-corrected chi connectivity index (χ0v) is 19.3. The highest BCUT2D eigenvalue weighted by atomic mass is 16.5. The molecular formula is C21H27BN4O9. The Kier molecular flexibility index (Phi) is 7.97. The number of amides is 5. The number of rotatable bonds is 7. The molecule has 0 spiro atoms. The van der Waals surface area contributed by atoms with E-state index in [2.05, 4.69) is 10.6 Å². The van der Waals surface area contributed by atoms with Gasteiger partial charge in [-0.25, -0.2) is 9.59 Å². The van der Waals surface area contributed by atoms with Gasteiger partial charge in [-0.2, -0.15) is 0 Å². The maximum Gasteiger partial charge on any atom is 0.547 e. The standard InChI is InChI=1S/C21H27BN4O9/c1-3-13(27)15(24-21(33)26-9-8-25(4-2)18(29)19(26)30)17(28)23-14-10-11-6-5-7-12(20(31)32)16(11)35-22(14)34/h5-7,13-15,27,34H,3-4,8-10H2,1-2H3,(H,23,28)(H,24,33)(H,31,32)/t13?,14-,15-/m0/s1. The molecule has 3 rings (SSSR count). The monoisotopic (exact) mass is 490 g/mol. The first-order valence-corrected chi connectivity index (χ1v) is 11.2. The van der Waals surface area contributed by atoms with Crippen LogP contribution in [0.5, 0.6) is 5.75 Å². The molecule has 0 radical (unpaired) electrons. The van der Waals surface area contributed by atoms with Crippen LogP contribution in [0.25, 0.3) is 0 Å². The normalized spacial score (nSPS) is 19.4. The maximum atomic E-state index is 13.0. The molecule has 13 nitrogen and oxygen atoms in total. The average Bonchev–Trinajstić information content (AvgIpc) is 2.83. The van der Waals surface area contributed by atoms with Crippen LogP contribution in [0.4, 0.5) is 4.79 Å². The Labute approximate surface area is 201 Å². The number of urea groups is 1. The number of hydrogen-bond donors (Lipinski definition) is 5. The van der Waals surface area contributed by atoms with E-state index in [-0.39, 0.29) is 37.2 Å². The summed E-state index contributed by atoms with van der Waals surface area (Å²) in [6.07, 6.45) is -1.24. The van der Waals surface area contributed by atoms with Gasteiger partial charge in [-0.3, -0.25) is 19.3 Å². The highest BCUT2D eigenvalue weighted by Gasteiger charge is 2.41. The van der Waals surface area contributed by atoms with E-state index in [4.69, 9.17) is 4.65 Å². The number of carboxylic acid groups (broad SMARTS) is 1. The Balaban J connectivity index is 1.72. The van der Waals surface area contributed by atoms with Gasteiger partial charge in [0.2, 0.25) is 5.91 Å². The van der Waals surface area contributed by atoms with Crippen LogP contribution in [0.15, 0.2) is 18.2 Å². The molecule has 0 saturated carbocycles. The minimum Gasteiger partial charge on any atom is -0.534 e. The first kappa shape index (κ1) is 26.0. The molecule has 0 bridgehead atoms. The van der Waals surface area contributed by atoms with Gasteiger partial charge < -0.3 is 35.4 Å². The molecule has 1 aromatic carbocycles. The molecule has 5 N–H and O–H groups in total. The number of aliphatic hydroxyl groups is 1. The number of likely N-dealkylation sites (N-methyl/N-ethyl adjacent to an activating group) is 1.